The van der Waals surface area contributed by atoms with Crippen LogP contribution in [0.4, 0.5) is 10.1 Å². The van der Waals surface area contributed by atoms with E-state index in [2.05, 4.69) is 16.4 Å². The third kappa shape index (κ3) is 4.47. The molecule has 2 aromatic carbocycles. The summed E-state index contributed by atoms with van der Waals surface area (Å²) in [7, 11) is 0. The number of nitrogens with zero attached hydrogens (tertiary/aromatic N) is 2. The fraction of sp³-hybridized carbons (Fsp3) is 0.0952. The summed E-state index contributed by atoms with van der Waals surface area (Å²) < 4.78 is 19.0. The number of halogens is 1. The number of nitriles is 1. The van der Waals surface area contributed by atoms with Crippen LogP contribution in [-0.4, -0.2) is 10.8 Å². The van der Waals surface area contributed by atoms with E-state index in [1.807, 2.05) is 6.07 Å². The fourth-order valence-electron chi connectivity index (χ4n) is 2.49. The van der Waals surface area contributed by atoms with Crippen LogP contribution >= 0.6 is 0 Å². The molecule has 0 amide bonds. The van der Waals surface area contributed by atoms with Gasteiger partial charge >= 0.3 is 0 Å². The molecule has 0 fully saturated rings. The Kier molecular flexibility index (Phi) is 5.43. The van der Waals surface area contributed by atoms with Crippen LogP contribution in [0.1, 0.15) is 28.4 Å². The first-order valence-electron chi connectivity index (χ1n) is 8.23. The minimum Gasteiger partial charge on any atom is -0.439 e. The van der Waals surface area contributed by atoms with Gasteiger partial charge < -0.3 is 10.1 Å². The van der Waals surface area contributed by atoms with Crippen LogP contribution in [-0.2, 0) is 6.54 Å². The number of aromatic nitrogens is 1. The van der Waals surface area contributed by atoms with Gasteiger partial charge in [-0.25, -0.2) is 9.37 Å². The SMILES string of the molecule is CC(=O)c1ccc(C#N)c(NCc2cccnc2Oc2cccc(F)c2)c1. The molecule has 6 heteroatoms. The van der Waals surface area contributed by atoms with Gasteiger partial charge in [0, 0.05) is 29.9 Å². The second-order valence-electron chi connectivity index (χ2n) is 5.81. The Morgan fingerprint density at radius 1 is 1.22 bits per heavy atom. The second kappa shape index (κ2) is 8.11. The van der Waals surface area contributed by atoms with Crippen LogP contribution in [0.15, 0.2) is 60.8 Å². The van der Waals surface area contributed by atoms with Crippen molar-refractivity contribution >= 4 is 11.5 Å². The molecule has 3 rings (SSSR count). The van der Waals surface area contributed by atoms with Crippen LogP contribution in [0.25, 0.3) is 0 Å². The molecule has 0 aliphatic rings. The summed E-state index contributed by atoms with van der Waals surface area (Å²) >= 11 is 0. The molecule has 0 aliphatic carbocycles. The molecule has 0 unspecified atom stereocenters. The molecule has 27 heavy (non-hydrogen) atoms. The Labute approximate surface area is 156 Å². The zero-order valence-electron chi connectivity index (χ0n) is 14.6. The summed E-state index contributed by atoms with van der Waals surface area (Å²) in [6.45, 7) is 1.78. The maximum absolute atomic E-state index is 13.4. The van der Waals surface area contributed by atoms with Crippen LogP contribution in [0.2, 0.25) is 0 Å². The van der Waals surface area contributed by atoms with E-state index in [4.69, 9.17) is 4.74 Å². The van der Waals surface area contributed by atoms with E-state index >= 15 is 0 Å². The number of benzene rings is 2. The van der Waals surface area contributed by atoms with Crippen molar-refractivity contribution in [2.75, 3.05) is 5.32 Å². The van der Waals surface area contributed by atoms with E-state index < -0.39 is 5.82 Å². The van der Waals surface area contributed by atoms with Crippen molar-refractivity contribution in [2.24, 2.45) is 0 Å². The summed E-state index contributed by atoms with van der Waals surface area (Å²) in [6.07, 6.45) is 1.58. The molecule has 5 nitrogen and oxygen atoms in total. The smallest absolute Gasteiger partial charge is 0.224 e. The normalized spacial score (nSPS) is 10.1. The number of nitrogens with one attached hydrogen (secondary N) is 1. The lowest BCUT2D eigenvalue weighted by Crippen LogP contribution is -2.05. The molecule has 0 saturated heterocycles. The molecular weight excluding hydrogens is 345 g/mol. The van der Waals surface area contributed by atoms with E-state index in [9.17, 15) is 14.4 Å². The number of pyridine rings is 1. The predicted molar refractivity (Wildman–Crippen MR) is 99.2 cm³/mol. The van der Waals surface area contributed by atoms with Crippen molar-refractivity contribution in [3.63, 3.8) is 0 Å². The number of ether oxygens (including phenoxy) is 1. The van der Waals surface area contributed by atoms with E-state index in [0.717, 1.165) is 5.56 Å². The lowest BCUT2D eigenvalue weighted by Gasteiger charge is -2.13. The van der Waals surface area contributed by atoms with E-state index in [1.165, 1.54) is 19.1 Å². The minimum absolute atomic E-state index is 0.0842. The minimum atomic E-state index is -0.400. The predicted octanol–water partition coefficient (Wildman–Crippen LogP) is 4.70. The molecule has 1 heterocycles. The van der Waals surface area contributed by atoms with E-state index in [-0.39, 0.29) is 5.78 Å². The largest absolute Gasteiger partial charge is 0.439 e. The van der Waals surface area contributed by atoms with Gasteiger partial charge in [-0.2, -0.15) is 5.26 Å². The Balaban J connectivity index is 1.82. The van der Waals surface area contributed by atoms with Gasteiger partial charge in [0.15, 0.2) is 5.78 Å². The average Bonchev–Trinajstić information content (AvgIpc) is 2.67. The molecule has 134 valence electrons. The third-order valence-corrected chi connectivity index (χ3v) is 3.88. The fourth-order valence-corrected chi connectivity index (χ4v) is 2.49. The summed E-state index contributed by atoms with van der Waals surface area (Å²) in [5.41, 5.74) is 2.21. The van der Waals surface area contributed by atoms with Crippen LogP contribution in [0, 0.1) is 17.1 Å². The highest BCUT2D eigenvalue weighted by atomic mass is 19.1. The maximum atomic E-state index is 13.4. The Morgan fingerprint density at radius 3 is 2.81 bits per heavy atom. The van der Waals surface area contributed by atoms with Crippen molar-refractivity contribution in [3.8, 4) is 17.7 Å². The number of carbonyl (C=O) groups excluding carboxylic acids is 1. The van der Waals surface area contributed by atoms with Gasteiger partial charge in [0.05, 0.1) is 11.3 Å². The number of hydrogen-bond donors (Lipinski definition) is 1. The second-order valence-corrected chi connectivity index (χ2v) is 5.81. The van der Waals surface area contributed by atoms with Gasteiger partial charge in [-0.15, -0.1) is 0 Å². The standard InChI is InChI=1S/C21H16FN3O2/c1-14(26)15-7-8-16(12-23)20(10-15)25-13-17-4-3-9-24-21(17)27-19-6-2-5-18(22)11-19/h2-11,25H,13H2,1H3. The summed E-state index contributed by atoms with van der Waals surface area (Å²) in [5.74, 6) is 0.185. The quantitative estimate of drug-likeness (QED) is 0.644. The third-order valence-electron chi connectivity index (χ3n) is 3.88. The van der Waals surface area contributed by atoms with Crippen molar-refractivity contribution < 1.29 is 13.9 Å². The van der Waals surface area contributed by atoms with Gasteiger partial charge in [-0.3, -0.25) is 4.79 Å². The van der Waals surface area contributed by atoms with Gasteiger partial charge in [-0.05, 0) is 43.3 Å². The molecule has 0 atom stereocenters. The van der Waals surface area contributed by atoms with Crippen molar-refractivity contribution in [1.82, 2.24) is 4.98 Å². The van der Waals surface area contributed by atoms with E-state index in [0.29, 0.717) is 35.0 Å². The number of rotatable bonds is 6. The first kappa shape index (κ1) is 18.1. The molecule has 0 radical (unpaired) electrons. The number of Topliss-reactive ketones (excluding diaryl/α,β-unsaturated/α-hetero) is 1. The first-order valence-corrected chi connectivity index (χ1v) is 8.23. The van der Waals surface area contributed by atoms with Crippen LogP contribution in [0.3, 0.4) is 0 Å². The highest BCUT2D eigenvalue weighted by Gasteiger charge is 2.10. The molecule has 0 saturated carbocycles. The topological polar surface area (TPSA) is 75.0 Å². The number of ketones is 1. The average molecular weight is 361 g/mol. The molecule has 0 bridgehead atoms. The highest BCUT2D eigenvalue weighted by Crippen LogP contribution is 2.25. The lowest BCUT2D eigenvalue weighted by atomic mass is 10.1. The summed E-state index contributed by atoms with van der Waals surface area (Å²) in [6, 6.07) is 16.3. The number of hydrogen-bond acceptors (Lipinski definition) is 5. The first-order chi connectivity index (χ1) is 13.1. The zero-order chi connectivity index (χ0) is 19.2. The Hall–Kier alpha value is -3.72. The van der Waals surface area contributed by atoms with Crippen molar-refractivity contribution in [3.05, 3.63) is 83.3 Å². The van der Waals surface area contributed by atoms with Gasteiger partial charge in [0.25, 0.3) is 0 Å². The molecule has 0 aliphatic heterocycles. The van der Waals surface area contributed by atoms with Crippen LogP contribution in [0.5, 0.6) is 11.6 Å². The monoisotopic (exact) mass is 361 g/mol. The van der Waals surface area contributed by atoms with E-state index in [1.54, 1.807) is 42.6 Å². The number of carbonyl (C=O) groups is 1. The van der Waals surface area contributed by atoms with Gasteiger partial charge in [0.2, 0.25) is 5.88 Å². The summed E-state index contributed by atoms with van der Waals surface area (Å²) in [5, 5.41) is 12.4. The number of anilines is 1. The molecule has 3 aromatic rings. The maximum Gasteiger partial charge on any atom is 0.224 e. The van der Waals surface area contributed by atoms with Gasteiger partial charge in [0.1, 0.15) is 17.6 Å². The molecule has 1 aromatic heterocycles. The van der Waals surface area contributed by atoms with Crippen molar-refractivity contribution in [2.45, 2.75) is 13.5 Å². The lowest BCUT2D eigenvalue weighted by molar-refractivity contribution is 0.101. The molecule has 1 N–H and O–H groups in total. The molecule has 0 spiro atoms. The van der Waals surface area contributed by atoms with Crippen molar-refractivity contribution in [1.29, 1.82) is 5.26 Å². The Morgan fingerprint density at radius 2 is 2.07 bits per heavy atom. The van der Waals surface area contributed by atoms with Gasteiger partial charge in [-0.1, -0.05) is 12.1 Å². The zero-order valence-corrected chi connectivity index (χ0v) is 14.6. The van der Waals surface area contributed by atoms with Crippen LogP contribution < -0.4 is 10.1 Å². The Bertz CT molecular complexity index is 1030. The summed E-state index contributed by atoms with van der Waals surface area (Å²) in [4.78, 5) is 15.8. The highest BCUT2D eigenvalue weighted by molar-refractivity contribution is 5.95. The molecular formula is C21H16FN3O2.